The van der Waals surface area contributed by atoms with E-state index in [1.165, 1.54) is 12.1 Å². The first-order valence-electron chi connectivity index (χ1n) is 10.2. The predicted molar refractivity (Wildman–Crippen MR) is 120 cm³/mol. The molecular weight excluding hydrogens is 409 g/mol. The largest absolute Gasteiger partial charge is 0.365 e. The molecule has 0 saturated carbocycles. The molecule has 4 aromatic rings. The van der Waals surface area contributed by atoms with Crippen LogP contribution in [0.3, 0.4) is 0 Å². The molecule has 8 heteroatoms. The first kappa shape index (κ1) is 19.7. The Hall–Kier alpha value is -4.20. The molecule has 0 fully saturated rings. The number of carbonyl (C=O) groups excluding carboxylic acids is 2. The molecule has 0 atom stereocenters. The molecule has 3 amide bonds. The summed E-state index contributed by atoms with van der Waals surface area (Å²) in [5, 5.41) is 9.52. The quantitative estimate of drug-likeness (QED) is 0.516. The average molecular weight is 429 g/mol. The monoisotopic (exact) mass is 429 g/mol. The topological polar surface area (TPSA) is 93.2 Å². The number of anilines is 1. The van der Waals surface area contributed by atoms with Crippen molar-refractivity contribution in [3.8, 4) is 11.3 Å². The lowest BCUT2D eigenvalue weighted by Crippen LogP contribution is -2.41. The van der Waals surface area contributed by atoms with Crippen LogP contribution in [0.2, 0.25) is 0 Å². The maximum Gasteiger partial charge on any atom is 0.322 e. The Morgan fingerprint density at radius 2 is 1.78 bits per heavy atom. The Labute approximate surface area is 183 Å². The Morgan fingerprint density at radius 3 is 2.56 bits per heavy atom. The van der Waals surface area contributed by atoms with E-state index < -0.39 is 11.7 Å². The van der Waals surface area contributed by atoms with E-state index in [-0.39, 0.29) is 18.1 Å². The van der Waals surface area contributed by atoms with E-state index in [9.17, 15) is 14.0 Å². The molecule has 3 N–H and O–H groups in total. The van der Waals surface area contributed by atoms with Crippen LogP contribution in [0.5, 0.6) is 0 Å². The Bertz CT molecular complexity index is 1360. The van der Waals surface area contributed by atoms with E-state index >= 15 is 0 Å². The van der Waals surface area contributed by atoms with E-state index in [2.05, 4.69) is 10.4 Å². The molecule has 7 nitrogen and oxygen atoms in total. The van der Waals surface area contributed by atoms with Gasteiger partial charge in [-0.1, -0.05) is 42.5 Å². The van der Waals surface area contributed by atoms with Crippen molar-refractivity contribution >= 4 is 28.4 Å². The summed E-state index contributed by atoms with van der Waals surface area (Å²) in [6.07, 6.45) is 0. The second kappa shape index (κ2) is 7.81. The number of rotatable bonds is 3. The minimum Gasteiger partial charge on any atom is -0.365 e. The zero-order valence-electron chi connectivity index (χ0n) is 17.1. The number of halogens is 1. The van der Waals surface area contributed by atoms with Gasteiger partial charge < -0.3 is 16.0 Å². The maximum absolute atomic E-state index is 13.7. The lowest BCUT2D eigenvalue weighted by molar-refractivity contribution is 0.0997. The van der Waals surface area contributed by atoms with E-state index in [1.54, 1.807) is 21.7 Å². The Kier molecular flexibility index (Phi) is 4.82. The first-order chi connectivity index (χ1) is 15.5. The fourth-order valence-electron chi connectivity index (χ4n) is 4.06. The maximum atomic E-state index is 13.7. The first-order valence-corrected chi connectivity index (χ1v) is 10.2. The van der Waals surface area contributed by atoms with Gasteiger partial charge in [0.1, 0.15) is 11.5 Å². The smallest absolute Gasteiger partial charge is 0.322 e. The molecule has 0 bridgehead atoms. The molecule has 1 aliphatic heterocycles. The van der Waals surface area contributed by atoms with Crippen molar-refractivity contribution in [2.24, 2.45) is 5.73 Å². The highest BCUT2D eigenvalue weighted by Gasteiger charge is 2.29. The predicted octanol–water partition coefficient (Wildman–Crippen LogP) is 3.99. The number of amides is 3. The molecule has 5 rings (SSSR count). The number of hydrogen-bond acceptors (Lipinski definition) is 3. The van der Waals surface area contributed by atoms with Gasteiger partial charge in [0.2, 0.25) is 0 Å². The normalized spacial score (nSPS) is 13.1. The van der Waals surface area contributed by atoms with Crippen molar-refractivity contribution in [2.75, 3.05) is 11.9 Å². The van der Waals surface area contributed by atoms with Crippen LogP contribution in [0.1, 0.15) is 16.1 Å². The van der Waals surface area contributed by atoms with Crippen molar-refractivity contribution in [1.82, 2.24) is 14.7 Å². The van der Waals surface area contributed by atoms with Gasteiger partial charge in [-0.3, -0.25) is 9.48 Å². The van der Waals surface area contributed by atoms with Crippen molar-refractivity contribution in [3.05, 3.63) is 83.8 Å². The van der Waals surface area contributed by atoms with Crippen molar-refractivity contribution in [1.29, 1.82) is 0 Å². The van der Waals surface area contributed by atoms with Gasteiger partial charge in [0.05, 0.1) is 24.3 Å². The second-order valence-corrected chi connectivity index (χ2v) is 7.68. The minimum absolute atomic E-state index is 0.167. The molecule has 0 aliphatic carbocycles. The number of urea groups is 1. The van der Waals surface area contributed by atoms with Crippen LogP contribution in [0, 0.1) is 5.82 Å². The number of aromatic nitrogens is 2. The second-order valence-electron chi connectivity index (χ2n) is 7.68. The molecule has 32 heavy (non-hydrogen) atoms. The minimum atomic E-state index is -0.665. The van der Waals surface area contributed by atoms with E-state index in [1.807, 2.05) is 42.5 Å². The number of nitrogens with zero attached hydrogens (tertiary/aromatic N) is 3. The highest BCUT2D eigenvalue weighted by Crippen LogP contribution is 2.29. The lowest BCUT2D eigenvalue weighted by Gasteiger charge is -2.28. The van der Waals surface area contributed by atoms with Gasteiger partial charge in [0, 0.05) is 17.8 Å². The molecular formula is C24H20FN5O2. The lowest BCUT2D eigenvalue weighted by atomic mass is 10.0. The van der Waals surface area contributed by atoms with E-state index in [0.717, 1.165) is 10.8 Å². The van der Waals surface area contributed by atoms with Gasteiger partial charge in [0.15, 0.2) is 0 Å². The highest BCUT2D eigenvalue weighted by molar-refractivity contribution is 6.00. The van der Waals surface area contributed by atoms with Gasteiger partial charge >= 0.3 is 6.03 Å². The summed E-state index contributed by atoms with van der Waals surface area (Å²) in [7, 11) is 0. The third-order valence-electron chi connectivity index (χ3n) is 5.61. The van der Waals surface area contributed by atoms with Crippen LogP contribution in [-0.4, -0.2) is 33.2 Å². The van der Waals surface area contributed by atoms with Crippen LogP contribution in [0.15, 0.2) is 66.7 Å². The number of primary amides is 1. The summed E-state index contributed by atoms with van der Waals surface area (Å²) >= 11 is 0. The van der Waals surface area contributed by atoms with Gasteiger partial charge in [-0.2, -0.15) is 5.10 Å². The summed E-state index contributed by atoms with van der Waals surface area (Å²) in [6, 6.07) is 19.2. The molecule has 0 radical (unpaired) electrons. The van der Waals surface area contributed by atoms with E-state index in [0.29, 0.717) is 35.7 Å². The summed E-state index contributed by atoms with van der Waals surface area (Å²) in [4.78, 5) is 26.8. The molecule has 3 aromatic carbocycles. The van der Waals surface area contributed by atoms with Crippen molar-refractivity contribution in [3.63, 3.8) is 0 Å². The zero-order valence-corrected chi connectivity index (χ0v) is 17.1. The summed E-state index contributed by atoms with van der Waals surface area (Å²) in [5.74, 6) is -1.09. The summed E-state index contributed by atoms with van der Waals surface area (Å²) < 4.78 is 15.4. The Balaban J connectivity index is 1.42. The molecule has 160 valence electrons. The van der Waals surface area contributed by atoms with Crippen LogP contribution in [0.25, 0.3) is 22.0 Å². The average Bonchev–Trinajstić information content (AvgIpc) is 3.18. The molecule has 2 heterocycles. The highest BCUT2D eigenvalue weighted by atomic mass is 19.1. The van der Waals surface area contributed by atoms with Crippen LogP contribution >= 0.6 is 0 Å². The van der Waals surface area contributed by atoms with Crippen LogP contribution < -0.4 is 11.1 Å². The fourth-order valence-corrected chi connectivity index (χ4v) is 4.06. The van der Waals surface area contributed by atoms with Crippen molar-refractivity contribution in [2.45, 2.75) is 13.1 Å². The van der Waals surface area contributed by atoms with Gasteiger partial charge in [-0.25, -0.2) is 9.18 Å². The van der Waals surface area contributed by atoms with Gasteiger partial charge in [-0.05, 0) is 35.0 Å². The molecule has 0 unspecified atom stereocenters. The Morgan fingerprint density at radius 1 is 0.969 bits per heavy atom. The number of carbonyl (C=O) groups is 2. The van der Waals surface area contributed by atoms with Crippen LogP contribution in [-0.2, 0) is 13.1 Å². The standard InChI is InChI=1S/C24H20FN5O2/c25-18-7-3-6-17(12-18)22-21(23(26)31)20-14-29(10-11-30(20)28-22)24(32)27-19-9-8-15-4-1-2-5-16(15)13-19/h1-9,12-13H,10-11,14H2,(H2,26,31)(H,27,32). The summed E-state index contributed by atoms with van der Waals surface area (Å²) in [6.45, 7) is 0.977. The van der Waals surface area contributed by atoms with Crippen LogP contribution in [0.4, 0.5) is 14.9 Å². The zero-order chi connectivity index (χ0) is 22.2. The molecule has 1 aromatic heterocycles. The third-order valence-corrected chi connectivity index (χ3v) is 5.61. The third kappa shape index (κ3) is 3.56. The SMILES string of the molecule is NC(=O)c1c(-c2cccc(F)c2)nn2c1CN(C(=O)Nc1ccc3ccccc3c1)CC2. The van der Waals surface area contributed by atoms with Gasteiger partial charge in [-0.15, -0.1) is 0 Å². The molecule has 0 spiro atoms. The number of nitrogens with two attached hydrogens (primary N) is 1. The fraction of sp³-hybridized carbons (Fsp3) is 0.125. The van der Waals surface area contributed by atoms with E-state index in [4.69, 9.17) is 5.73 Å². The number of hydrogen-bond donors (Lipinski definition) is 2. The summed E-state index contributed by atoms with van der Waals surface area (Å²) in [5.41, 5.74) is 7.87. The number of benzene rings is 3. The van der Waals surface area contributed by atoms with Crippen molar-refractivity contribution < 1.29 is 14.0 Å². The van der Waals surface area contributed by atoms with Gasteiger partial charge in [0.25, 0.3) is 5.91 Å². The molecule has 1 aliphatic rings. The molecule has 0 saturated heterocycles. The number of fused-ring (bicyclic) bond motifs is 2. The number of nitrogens with one attached hydrogen (secondary N) is 1.